The lowest BCUT2D eigenvalue weighted by atomic mass is 10.1. The smallest absolute Gasteiger partial charge is 0.0178 e. The lowest BCUT2D eigenvalue weighted by molar-refractivity contribution is 1.61. The van der Waals surface area contributed by atoms with Crippen LogP contribution in [0.2, 0.25) is 0 Å². The van der Waals surface area contributed by atoms with Gasteiger partial charge >= 0.3 is 0 Å². The standard InChI is InChI=1S/C12H8/c1-3-7-11(8-4-1)12-9-5-2-6-10-12/h1-3,5,7-10H. The Morgan fingerprint density at radius 3 is 1.58 bits per heavy atom. The van der Waals surface area contributed by atoms with Gasteiger partial charge in [0.25, 0.3) is 0 Å². The highest BCUT2D eigenvalue weighted by atomic mass is 14.0. The van der Waals surface area contributed by atoms with Crippen molar-refractivity contribution in [2.24, 2.45) is 0 Å². The predicted octanol–water partition coefficient (Wildman–Crippen LogP) is 2.95. The molecule has 2 radical (unpaired) electrons. The average Bonchev–Trinajstić information content (AvgIpc) is 2.21. The zero-order valence-electron chi connectivity index (χ0n) is 6.62. The van der Waals surface area contributed by atoms with Gasteiger partial charge in [-0.15, -0.1) is 0 Å². The maximum atomic E-state index is 3.05. The highest BCUT2D eigenvalue weighted by molar-refractivity contribution is 5.62. The topological polar surface area (TPSA) is 0 Å². The lowest BCUT2D eigenvalue weighted by Crippen LogP contribution is -1.74. The molecule has 2 aromatic rings. The van der Waals surface area contributed by atoms with Crippen LogP contribution in [0.1, 0.15) is 0 Å². The number of benzene rings is 2. The van der Waals surface area contributed by atoms with Gasteiger partial charge in [0.1, 0.15) is 0 Å². The van der Waals surface area contributed by atoms with Crippen LogP contribution in [-0.4, -0.2) is 0 Å². The third kappa shape index (κ3) is 1.37. The molecule has 0 aliphatic heterocycles. The zero-order chi connectivity index (χ0) is 8.23. The molecule has 0 atom stereocenters. The van der Waals surface area contributed by atoms with E-state index in [1.165, 1.54) is 11.1 Å². The average molecular weight is 152 g/mol. The van der Waals surface area contributed by atoms with Gasteiger partial charge in [0.2, 0.25) is 0 Å². The second kappa shape index (κ2) is 3.22. The zero-order valence-corrected chi connectivity index (χ0v) is 6.62. The maximum Gasteiger partial charge on any atom is -0.0178 e. The van der Waals surface area contributed by atoms with Gasteiger partial charge in [0.15, 0.2) is 0 Å². The first-order valence-electron chi connectivity index (χ1n) is 3.89. The second-order valence-corrected chi connectivity index (χ2v) is 2.58. The summed E-state index contributed by atoms with van der Waals surface area (Å²) in [7, 11) is 0. The van der Waals surface area contributed by atoms with E-state index >= 15 is 0 Å². The minimum absolute atomic E-state index is 1.19. The van der Waals surface area contributed by atoms with Crippen molar-refractivity contribution in [2.75, 3.05) is 0 Å². The van der Waals surface area contributed by atoms with Crippen molar-refractivity contribution in [2.45, 2.75) is 0 Å². The first-order valence-corrected chi connectivity index (χ1v) is 3.89. The Kier molecular flexibility index (Phi) is 1.91. The van der Waals surface area contributed by atoms with Gasteiger partial charge in [0, 0.05) is 0 Å². The summed E-state index contributed by atoms with van der Waals surface area (Å²) >= 11 is 0. The maximum absolute atomic E-state index is 3.05. The van der Waals surface area contributed by atoms with Gasteiger partial charge in [-0.3, -0.25) is 0 Å². The molecule has 0 unspecified atom stereocenters. The quantitative estimate of drug-likeness (QED) is 0.589. The van der Waals surface area contributed by atoms with Crippen LogP contribution in [0.15, 0.2) is 48.5 Å². The molecule has 0 nitrogen and oxygen atoms in total. The Hall–Kier alpha value is -1.56. The monoisotopic (exact) mass is 152 g/mol. The fourth-order valence-electron chi connectivity index (χ4n) is 1.15. The summed E-state index contributed by atoms with van der Waals surface area (Å²) in [4.78, 5) is 0. The van der Waals surface area contributed by atoms with Gasteiger partial charge in [0.05, 0.1) is 0 Å². The molecule has 0 spiro atoms. The van der Waals surface area contributed by atoms with Crippen molar-refractivity contribution < 1.29 is 0 Å². The molecule has 0 aliphatic rings. The molecule has 0 aromatic heterocycles. The Balaban J connectivity index is 2.46. The van der Waals surface area contributed by atoms with Crippen LogP contribution in [0, 0.1) is 12.1 Å². The molecule has 56 valence electrons. The minimum Gasteiger partial charge on any atom is -0.0610 e. The Labute approximate surface area is 72.5 Å². The molecule has 0 saturated heterocycles. The molecule has 0 amide bonds. The van der Waals surface area contributed by atoms with Crippen molar-refractivity contribution in [1.82, 2.24) is 0 Å². The van der Waals surface area contributed by atoms with E-state index in [1.54, 1.807) is 0 Å². The van der Waals surface area contributed by atoms with Crippen LogP contribution < -0.4 is 0 Å². The van der Waals surface area contributed by atoms with Gasteiger partial charge < -0.3 is 0 Å². The van der Waals surface area contributed by atoms with E-state index in [9.17, 15) is 0 Å². The summed E-state index contributed by atoms with van der Waals surface area (Å²) in [5.41, 5.74) is 2.38. The van der Waals surface area contributed by atoms with Crippen molar-refractivity contribution >= 4 is 0 Å². The third-order valence-corrected chi connectivity index (χ3v) is 1.75. The number of hydrogen-bond acceptors (Lipinski definition) is 0. The normalized spacial score (nSPS) is 9.67. The fourth-order valence-corrected chi connectivity index (χ4v) is 1.15. The summed E-state index contributed by atoms with van der Waals surface area (Å²) in [5, 5.41) is 0. The minimum atomic E-state index is 1.19. The summed E-state index contributed by atoms with van der Waals surface area (Å²) in [6.07, 6.45) is 0. The van der Waals surface area contributed by atoms with E-state index in [-0.39, 0.29) is 0 Å². The highest BCUT2D eigenvalue weighted by Gasteiger charge is 1.92. The van der Waals surface area contributed by atoms with E-state index in [0.29, 0.717) is 0 Å². The Morgan fingerprint density at radius 1 is 0.750 bits per heavy atom. The first-order chi connectivity index (χ1) is 5.97. The Bertz CT molecular complexity index is 297. The molecule has 0 bridgehead atoms. The molecule has 12 heavy (non-hydrogen) atoms. The van der Waals surface area contributed by atoms with Crippen molar-refractivity contribution in [1.29, 1.82) is 0 Å². The second-order valence-electron chi connectivity index (χ2n) is 2.58. The van der Waals surface area contributed by atoms with Crippen LogP contribution in [-0.2, 0) is 0 Å². The largest absolute Gasteiger partial charge is 0.0610 e. The molecular weight excluding hydrogens is 144 g/mol. The van der Waals surface area contributed by atoms with Gasteiger partial charge in [-0.2, -0.15) is 0 Å². The van der Waals surface area contributed by atoms with E-state index in [2.05, 4.69) is 24.3 Å². The van der Waals surface area contributed by atoms with Crippen LogP contribution in [0.4, 0.5) is 0 Å². The highest BCUT2D eigenvalue weighted by Crippen LogP contribution is 2.16. The van der Waals surface area contributed by atoms with Crippen LogP contribution in [0.3, 0.4) is 0 Å². The summed E-state index contributed by atoms with van der Waals surface area (Å²) in [5.74, 6) is 0. The number of hydrogen-bond donors (Lipinski definition) is 0. The van der Waals surface area contributed by atoms with E-state index < -0.39 is 0 Å². The molecule has 0 N–H and O–H groups in total. The fraction of sp³-hybridized carbons (Fsp3) is 0. The van der Waals surface area contributed by atoms with Gasteiger partial charge in [-0.1, -0.05) is 36.4 Å². The molecule has 2 rings (SSSR count). The van der Waals surface area contributed by atoms with E-state index in [4.69, 9.17) is 0 Å². The van der Waals surface area contributed by atoms with Crippen molar-refractivity contribution in [3.8, 4) is 11.1 Å². The molecule has 0 heteroatoms. The molecular formula is C12H8. The molecule has 0 heterocycles. The van der Waals surface area contributed by atoms with Crippen molar-refractivity contribution in [3.05, 3.63) is 60.7 Å². The lowest BCUT2D eigenvalue weighted by Gasteiger charge is -1.98. The van der Waals surface area contributed by atoms with E-state index in [1.807, 2.05) is 36.4 Å². The van der Waals surface area contributed by atoms with E-state index in [0.717, 1.165) is 0 Å². The van der Waals surface area contributed by atoms with Gasteiger partial charge in [-0.25, -0.2) is 0 Å². The van der Waals surface area contributed by atoms with Gasteiger partial charge in [-0.05, 0) is 35.4 Å². The predicted molar refractivity (Wildman–Crippen MR) is 49.6 cm³/mol. The Morgan fingerprint density at radius 2 is 1.25 bits per heavy atom. The molecule has 0 fully saturated rings. The van der Waals surface area contributed by atoms with Crippen molar-refractivity contribution in [3.63, 3.8) is 0 Å². The summed E-state index contributed by atoms with van der Waals surface area (Å²) < 4.78 is 0. The number of rotatable bonds is 1. The SMILES string of the molecule is [c]1cccc(-c2c[c]ccc2)c1. The third-order valence-electron chi connectivity index (χ3n) is 1.75. The summed E-state index contributed by atoms with van der Waals surface area (Å²) in [6, 6.07) is 22.0. The van der Waals surface area contributed by atoms with Crippen LogP contribution in [0.25, 0.3) is 11.1 Å². The summed E-state index contributed by atoms with van der Waals surface area (Å²) in [6.45, 7) is 0. The molecule has 0 saturated carbocycles. The van der Waals surface area contributed by atoms with Crippen LogP contribution in [0.5, 0.6) is 0 Å². The van der Waals surface area contributed by atoms with Crippen LogP contribution >= 0.6 is 0 Å². The molecule has 0 aliphatic carbocycles. The first kappa shape index (κ1) is 7.11. The molecule has 2 aromatic carbocycles.